The van der Waals surface area contributed by atoms with E-state index in [0.29, 0.717) is 6.54 Å². The van der Waals surface area contributed by atoms with E-state index in [1.165, 1.54) is 11.1 Å². The molecule has 1 unspecified atom stereocenters. The maximum absolute atomic E-state index is 11.9. The number of hydrogen-bond acceptors (Lipinski definition) is 2. The molecule has 17 heavy (non-hydrogen) atoms. The average Bonchev–Trinajstić information content (AvgIpc) is 2.38. The van der Waals surface area contributed by atoms with Crippen molar-refractivity contribution in [2.24, 2.45) is 5.92 Å². The number of carbonyl (C=O) groups excluding carboxylic acids is 1. The minimum Gasteiger partial charge on any atom is -0.352 e. The molecule has 1 heterocycles. The van der Waals surface area contributed by atoms with Crippen LogP contribution in [-0.2, 0) is 11.3 Å². The standard InChI is InChI=1S/C14H20N2O/c1-11-5-2-3-6-12(11)10-16-14(17)13-7-4-8-15-9-13/h2-3,5-6,13,15H,4,7-10H2,1H3,(H,16,17). The summed E-state index contributed by atoms with van der Waals surface area (Å²) in [6.45, 7) is 4.58. The molecule has 1 aliphatic heterocycles. The Balaban J connectivity index is 1.85. The number of benzene rings is 1. The van der Waals surface area contributed by atoms with Crippen LogP contribution in [0, 0.1) is 12.8 Å². The summed E-state index contributed by atoms with van der Waals surface area (Å²) in [6, 6.07) is 8.17. The molecule has 3 heteroatoms. The van der Waals surface area contributed by atoms with Crippen molar-refractivity contribution >= 4 is 5.91 Å². The van der Waals surface area contributed by atoms with Gasteiger partial charge in [-0.15, -0.1) is 0 Å². The van der Waals surface area contributed by atoms with Crippen LogP contribution >= 0.6 is 0 Å². The Bertz CT molecular complexity index is 384. The molecular formula is C14H20N2O. The van der Waals surface area contributed by atoms with Crippen molar-refractivity contribution in [3.05, 3.63) is 35.4 Å². The molecule has 1 saturated heterocycles. The summed E-state index contributed by atoms with van der Waals surface area (Å²) >= 11 is 0. The van der Waals surface area contributed by atoms with E-state index in [-0.39, 0.29) is 11.8 Å². The lowest BCUT2D eigenvalue weighted by Gasteiger charge is -2.22. The molecule has 0 bridgehead atoms. The Kier molecular flexibility index (Phi) is 4.15. The summed E-state index contributed by atoms with van der Waals surface area (Å²) in [5.41, 5.74) is 2.43. The summed E-state index contributed by atoms with van der Waals surface area (Å²) in [5.74, 6) is 0.327. The largest absolute Gasteiger partial charge is 0.352 e. The molecule has 1 aromatic carbocycles. The van der Waals surface area contributed by atoms with Crippen LogP contribution in [0.3, 0.4) is 0 Å². The zero-order valence-electron chi connectivity index (χ0n) is 10.3. The summed E-state index contributed by atoms with van der Waals surface area (Å²) in [6.07, 6.45) is 2.11. The van der Waals surface area contributed by atoms with Crippen LogP contribution in [0.5, 0.6) is 0 Å². The maximum atomic E-state index is 11.9. The monoisotopic (exact) mass is 232 g/mol. The van der Waals surface area contributed by atoms with Crippen LogP contribution in [0.4, 0.5) is 0 Å². The van der Waals surface area contributed by atoms with E-state index in [4.69, 9.17) is 0 Å². The Morgan fingerprint density at radius 1 is 1.47 bits per heavy atom. The average molecular weight is 232 g/mol. The van der Waals surface area contributed by atoms with Gasteiger partial charge in [0, 0.05) is 13.1 Å². The first-order chi connectivity index (χ1) is 8.27. The van der Waals surface area contributed by atoms with Crippen molar-refractivity contribution in [3.8, 4) is 0 Å². The Morgan fingerprint density at radius 3 is 3.00 bits per heavy atom. The van der Waals surface area contributed by atoms with E-state index in [1.54, 1.807) is 0 Å². The fourth-order valence-corrected chi connectivity index (χ4v) is 2.21. The summed E-state index contributed by atoms with van der Waals surface area (Å²) < 4.78 is 0. The first-order valence-corrected chi connectivity index (χ1v) is 6.30. The van der Waals surface area contributed by atoms with Crippen LogP contribution in [0.25, 0.3) is 0 Å². The highest BCUT2D eigenvalue weighted by Crippen LogP contribution is 2.11. The zero-order valence-corrected chi connectivity index (χ0v) is 10.3. The molecule has 1 aliphatic rings. The lowest BCUT2D eigenvalue weighted by atomic mass is 9.98. The van der Waals surface area contributed by atoms with E-state index in [0.717, 1.165) is 25.9 Å². The number of hydrogen-bond donors (Lipinski definition) is 2. The molecule has 0 aromatic heterocycles. The Labute approximate surface area is 103 Å². The van der Waals surface area contributed by atoms with Gasteiger partial charge < -0.3 is 10.6 Å². The number of piperidine rings is 1. The highest BCUT2D eigenvalue weighted by atomic mass is 16.1. The number of nitrogens with one attached hydrogen (secondary N) is 2. The molecule has 1 amide bonds. The summed E-state index contributed by atoms with van der Waals surface area (Å²) in [7, 11) is 0. The predicted octanol–water partition coefficient (Wildman–Crippen LogP) is 1.61. The van der Waals surface area contributed by atoms with Gasteiger partial charge in [-0.05, 0) is 37.4 Å². The van der Waals surface area contributed by atoms with Crippen molar-refractivity contribution in [3.63, 3.8) is 0 Å². The fraction of sp³-hybridized carbons (Fsp3) is 0.500. The second-order valence-electron chi connectivity index (χ2n) is 4.69. The molecular weight excluding hydrogens is 212 g/mol. The molecule has 0 aliphatic carbocycles. The van der Waals surface area contributed by atoms with E-state index in [1.807, 2.05) is 12.1 Å². The quantitative estimate of drug-likeness (QED) is 0.831. The van der Waals surface area contributed by atoms with Gasteiger partial charge in [-0.2, -0.15) is 0 Å². The second kappa shape index (κ2) is 5.82. The molecule has 2 rings (SSSR count). The van der Waals surface area contributed by atoms with Gasteiger partial charge in [-0.3, -0.25) is 4.79 Å². The second-order valence-corrected chi connectivity index (χ2v) is 4.69. The van der Waals surface area contributed by atoms with E-state index < -0.39 is 0 Å². The third kappa shape index (κ3) is 3.30. The van der Waals surface area contributed by atoms with Gasteiger partial charge in [0.25, 0.3) is 0 Å². The van der Waals surface area contributed by atoms with E-state index >= 15 is 0 Å². The van der Waals surface area contributed by atoms with Crippen LogP contribution in [0.2, 0.25) is 0 Å². The molecule has 0 saturated carbocycles. The fourth-order valence-electron chi connectivity index (χ4n) is 2.21. The van der Waals surface area contributed by atoms with Crippen molar-refractivity contribution in [1.82, 2.24) is 10.6 Å². The van der Waals surface area contributed by atoms with Crippen LogP contribution in [0.1, 0.15) is 24.0 Å². The predicted molar refractivity (Wildman–Crippen MR) is 68.6 cm³/mol. The minimum absolute atomic E-state index is 0.146. The lowest BCUT2D eigenvalue weighted by Crippen LogP contribution is -2.40. The number of aryl methyl sites for hydroxylation is 1. The normalized spacial score (nSPS) is 19.9. The Morgan fingerprint density at radius 2 is 2.29 bits per heavy atom. The van der Waals surface area contributed by atoms with Gasteiger partial charge in [0.1, 0.15) is 0 Å². The van der Waals surface area contributed by atoms with E-state index in [2.05, 4.69) is 29.7 Å². The summed E-state index contributed by atoms with van der Waals surface area (Å²) in [5, 5.41) is 6.30. The van der Waals surface area contributed by atoms with Crippen molar-refractivity contribution < 1.29 is 4.79 Å². The Hall–Kier alpha value is -1.35. The van der Waals surface area contributed by atoms with Crippen molar-refractivity contribution in [1.29, 1.82) is 0 Å². The van der Waals surface area contributed by atoms with Crippen LogP contribution in [0.15, 0.2) is 24.3 Å². The van der Waals surface area contributed by atoms with Gasteiger partial charge >= 0.3 is 0 Å². The summed E-state index contributed by atoms with van der Waals surface area (Å²) in [4.78, 5) is 11.9. The van der Waals surface area contributed by atoms with Gasteiger partial charge in [0.15, 0.2) is 0 Å². The number of rotatable bonds is 3. The van der Waals surface area contributed by atoms with Gasteiger partial charge in [0.05, 0.1) is 5.92 Å². The molecule has 3 nitrogen and oxygen atoms in total. The first kappa shape index (κ1) is 12.1. The lowest BCUT2D eigenvalue weighted by molar-refractivity contribution is -0.125. The van der Waals surface area contributed by atoms with Crippen LogP contribution < -0.4 is 10.6 Å². The molecule has 1 atom stereocenters. The SMILES string of the molecule is Cc1ccccc1CNC(=O)C1CCCNC1. The van der Waals surface area contributed by atoms with Crippen molar-refractivity contribution in [2.45, 2.75) is 26.3 Å². The van der Waals surface area contributed by atoms with Crippen molar-refractivity contribution in [2.75, 3.05) is 13.1 Å². The topological polar surface area (TPSA) is 41.1 Å². The minimum atomic E-state index is 0.146. The molecule has 2 N–H and O–H groups in total. The third-order valence-corrected chi connectivity index (χ3v) is 3.38. The van der Waals surface area contributed by atoms with E-state index in [9.17, 15) is 4.79 Å². The first-order valence-electron chi connectivity index (χ1n) is 6.30. The maximum Gasteiger partial charge on any atom is 0.224 e. The molecule has 0 spiro atoms. The molecule has 0 radical (unpaired) electrons. The third-order valence-electron chi connectivity index (χ3n) is 3.38. The zero-order chi connectivity index (χ0) is 12.1. The molecule has 1 fully saturated rings. The number of amides is 1. The highest BCUT2D eigenvalue weighted by molar-refractivity contribution is 5.79. The van der Waals surface area contributed by atoms with Gasteiger partial charge in [-0.1, -0.05) is 24.3 Å². The van der Waals surface area contributed by atoms with Crippen LogP contribution in [-0.4, -0.2) is 19.0 Å². The smallest absolute Gasteiger partial charge is 0.224 e. The van der Waals surface area contributed by atoms with Gasteiger partial charge in [0.2, 0.25) is 5.91 Å². The molecule has 1 aromatic rings. The highest BCUT2D eigenvalue weighted by Gasteiger charge is 2.20. The molecule has 92 valence electrons. The van der Waals surface area contributed by atoms with Gasteiger partial charge in [-0.25, -0.2) is 0 Å². The number of carbonyl (C=O) groups is 1.